The van der Waals surface area contributed by atoms with Gasteiger partial charge in [0.2, 0.25) is 0 Å². The molecule has 1 aliphatic heterocycles. The third-order valence-electron chi connectivity index (χ3n) is 5.02. The molecule has 2 aromatic carbocycles. The normalized spacial score (nSPS) is 14.7. The third-order valence-corrected chi connectivity index (χ3v) is 5.02. The van der Waals surface area contributed by atoms with Gasteiger partial charge < -0.3 is 0 Å². The Hall–Kier alpha value is -2.73. The maximum atomic E-state index is 12.8. The fraction of sp³-hybridized carbons (Fsp3) is 0.273. The highest BCUT2D eigenvalue weighted by Crippen LogP contribution is 2.30. The van der Waals surface area contributed by atoms with Gasteiger partial charge in [0.05, 0.1) is 11.3 Å². The van der Waals surface area contributed by atoms with Gasteiger partial charge in [-0.1, -0.05) is 42.0 Å². The highest BCUT2D eigenvalue weighted by molar-refractivity contribution is 5.56. The van der Waals surface area contributed by atoms with Crippen LogP contribution in [0.25, 0.3) is 11.4 Å². The van der Waals surface area contributed by atoms with Gasteiger partial charge in [0.15, 0.2) is 5.82 Å². The molecule has 28 heavy (non-hydrogen) atoms. The Bertz CT molecular complexity index is 964. The molecule has 1 aromatic heterocycles. The molecule has 6 heteroatoms. The standard InChI is InChI=1S/C22H20F3N3/c1-15-2-4-16(5-3-15)13-28-11-10-18-12-26-21(27-20(18)14-28)17-6-8-19(9-7-17)22(23,24)25/h2-9,12H,10-11,13-14H2,1H3. The minimum absolute atomic E-state index is 0.463. The average Bonchev–Trinajstić information content (AvgIpc) is 2.69. The number of nitrogens with zero attached hydrogens (tertiary/aromatic N) is 3. The molecule has 0 atom stereocenters. The van der Waals surface area contributed by atoms with Gasteiger partial charge in [-0.3, -0.25) is 4.90 Å². The molecule has 0 unspecified atom stereocenters. The van der Waals surface area contributed by atoms with Gasteiger partial charge >= 0.3 is 6.18 Å². The second-order valence-electron chi connectivity index (χ2n) is 7.19. The quantitative estimate of drug-likeness (QED) is 0.635. The van der Waals surface area contributed by atoms with Crippen molar-refractivity contribution in [3.63, 3.8) is 0 Å². The average molecular weight is 383 g/mol. The smallest absolute Gasteiger partial charge is 0.293 e. The monoisotopic (exact) mass is 383 g/mol. The largest absolute Gasteiger partial charge is 0.416 e. The van der Waals surface area contributed by atoms with Gasteiger partial charge in [0.25, 0.3) is 0 Å². The Labute approximate surface area is 161 Å². The molecule has 0 saturated carbocycles. The lowest BCUT2D eigenvalue weighted by Gasteiger charge is -2.28. The molecule has 0 fully saturated rings. The Morgan fingerprint density at radius 3 is 2.39 bits per heavy atom. The van der Waals surface area contributed by atoms with Crippen molar-refractivity contribution in [3.05, 3.63) is 82.7 Å². The molecule has 4 rings (SSSR count). The Morgan fingerprint density at radius 1 is 1.00 bits per heavy atom. The maximum absolute atomic E-state index is 12.8. The summed E-state index contributed by atoms with van der Waals surface area (Å²) in [5, 5.41) is 0. The minimum Gasteiger partial charge on any atom is -0.293 e. The molecular formula is C22H20F3N3. The number of benzene rings is 2. The van der Waals surface area contributed by atoms with E-state index in [9.17, 15) is 13.2 Å². The topological polar surface area (TPSA) is 29.0 Å². The van der Waals surface area contributed by atoms with E-state index in [0.717, 1.165) is 42.9 Å². The molecule has 0 bridgehead atoms. The number of aromatic nitrogens is 2. The molecule has 1 aliphatic rings. The summed E-state index contributed by atoms with van der Waals surface area (Å²) in [7, 11) is 0. The van der Waals surface area contributed by atoms with E-state index in [0.29, 0.717) is 17.9 Å². The van der Waals surface area contributed by atoms with E-state index in [4.69, 9.17) is 0 Å². The summed E-state index contributed by atoms with van der Waals surface area (Å²) >= 11 is 0. The SMILES string of the molecule is Cc1ccc(CN2CCc3cnc(-c4ccc(C(F)(F)F)cc4)nc3C2)cc1. The molecule has 0 aliphatic carbocycles. The Morgan fingerprint density at radius 2 is 1.71 bits per heavy atom. The second-order valence-corrected chi connectivity index (χ2v) is 7.19. The molecule has 0 amide bonds. The van der Waals surface area contributed by atoms with Crippen LogP contribution in [0.4, 0.5) is 13.2 Å². The van der Waals surface area contributed by atoms with Crippen molar-refractivity contribution < 1.29 is 13.2 Å². The summed E-state index contributed by atoms with van der Waals surface area (Å²) in [4.78, 5) is 11.3. The number of fused-ring (bicyclic) bond motifs is 1. The van der Waals surface area contributed by atoms with Crippen molar-refractivity contribution in [3.8, 4) is 11.4 Å². The van der Waals surface area contributed by atoms with E-state index in [2.05, 4.69) is 46.1 Å². The third kappa shape index (κ3) is 4.07. The molecule has 0 N–H and O–H groups in total. The van der Waals surface area contributed by atoms with E-state index in [-0.39, 0.29) is 0 Å². The fourth-order valence-electron chi connectivity index (χ4n) is 3.39. The zero-order valence-corrected chi connectivity index (χ0v) is 15.5. The highest BCUT2D eigenvalue weighted by atomic mass is 19.4. The zero-order chi connectivity index (χ0) is 19.7. The van der Waals surface area contributed by atoms with E-state index in [1.165, 1.54) is 23.3 Å². The van der Waals surface area contributed by atoms with Crippen molar-refractivity contribution in [2.45, 2.75) is 32.6 Å². The lowest BCUT2D eigenvalue weighted by atomic mass is 10.0. The van der Waals surface area contributed by atoms with E-state index >= 15 is 0 Å². The van der Waals surface area contributed by atoms with Gasteiger partial charge in [-0.15, -0.1) is 0 Å². The summed E-state index contributed by atoms with van der Waals surface area (Å²) in [5.74, 6) is 0.463. The van der Waals surface area contributed by atoms with Gasteiger partial charge in [-0.05, 0) is 36.6 Å². The molecule has 144 valence electrons. The van der Waals surface area contributed by atoms with E-state index < -0.39 is 11.7 Å². The molecule has 2 heterocycles. The summed E-state index contributed by atoms with van der Waals surface area (Å²) < 4.78 is 38.3. The minimum atomic E-state index is -4.34. The van der Waals surface area contributed by atoms with Crippen molar-refractivity contribution >= 4 is 0 Å². The first-order valence-corrected chi connectivity index (χ1v) is 9.19. The predicted molar refractivity (Wildman–Crippen MR) is 101 cm³/mol. The predicted octanol–water partition coefficient (Wildman–Crippen LogP) is 5.03. The summed E-state index contributed by atoms with van der Waals surface area (Å²) in [6.45, 7) is 4.56. The Kier molecular flexibility index (Phi) is 4.89. The number of hydrogen-bond acceptors (Lipinski definition) is 3. The summed E-state index contributed by atoms with van der Waals surface area (Å²) in [5.41, 5.74) is 4.47. The van der Waals surface area contributed by atoms with Crippen LogP contribution in [0, 0.1) is 6.92 Å². The van der Waals surface area contributed by atoms with Crippen LogP contribution >= 0.6 is 0 Å². The van der Waals surface area contributed by atoms with Crippen molar-refractivity contribution in [2.24, 2.45) is 0 Å². The van der Waals surface area contributed by atoms with Crippen LogP contribution in [-0.4, -0.2) is 21.4 Å². The lowest BCUT2D eigenvalue weighted by molar-refractivity contribution is -0.137. The summed E-state index contributed by atoms with van der Waals surface area (Å²) in [6, 6.07) is 13.5. The van der Waals surface area contributed by atoms with Crippen LogP contribution < -0.4 is 0 Å². The maximum Gasteiger partial charge on any atom is 0.416 e. The highest BCUT2D eigenvalue weighted by Gasteiger charge is 2.30. The number of halogens is 3. The number of rotatable bonds is 3. The Balaban J connectivity index is 1.52. The molecular weight excluding hydrogens is 363 g/mol. The van der Waals surface area contributed by atoms with E-state index in [1.807, 2.05) is 0 Å². The number of hydrogen-bond donors (Lipinski definition) is 0. The van der Waals surface area contributed by atoms with Crippen LogP contribution in [0.15, 0.2) is 54.7 Å². The fourth-order valence-corrected chi connectivity index (χ4v) is 3.39. The van der Waals surface area contributed by atoms with Crippen molar-refractivity contribution in [2.75, 3.05) is 6.54 Å². The van der Waals surface area contributed by atoms with Crippen LogP contribution in [-0.2, 0) is 25.7 Å². The summed E-state index contributed by atoms with van der Waals surface area (Å²) in [6.07, 6.45) is -1.67. The zero-order valence-electron chi connectivity index (χ0n) is 15.5. The van der Waals surface area contributed by atoms with Gasteiger partial charge in [0.1, 0.15) is 0 Å². The van der Waals surface area contributed by atoms with Crippen LogP contribution in [0.1, 0.15) is 27.9 Å². The number of aryl methyl sites for hydroxylation is 1. The van der Waals surface area contributed by atoms with Gasteiger partial charge in [0, 0.05) is 31.4 Å². The van der Waals surface area contributed by atoms with Gasteiger partial charge in [-0.2, -0.15) is 13.2 Å². The molecule has 0 radical (unpaired) electrons. The van der Waals surface area contributed by atoms with E-state index in [1.54, 1.807) is 6.20 Å². The second kappa shape index (κ2) is 7.36. The first-order valence-electron chi connectivity index (χ1n) is 9.19. The molecule has 0 spiro atoms. The lowest BCUT2D eigenvalue weighted by Crippen LogP contribution is -2.31. The number of alkyl halides is 3. The first-order chi connectivity index (χ1) is 13.4. The molecule has 3 nitrogen and oxygen atoms in total. The first kappa shape index (κ1) is 18.6. The van der Waals surface area contributed by atoms with Crippen molar-refractivity contribution in [1.29, 1.82) is 0 Å². The molecule has 3 aromatic rings. The van der Waals surface area contributed by atoms with Gasteiger partial charge in [-0.25, -0.2) is 9.97 Å². The van der Waals surface area contributed by atoms with Crippen LogP contribution in [0.5, 0.6) is 0 Å². The molecule has 0 saturated heterocycles. The van der Waals surface area contributed by atoms with Crippen molar-refractivity contribution in [1.82, 2.24) is 14.9 Å². The van der Waals surface area contributed by atoms with Crippen LogP contribution in [0.3, 0.4) is 0 Å². The van der Waals surface area contributed by atoms with Crippen LogP contribution in [0.2, 0.25) is 0 Å².